The lowest BCUT2D eigenvalue weighted by atomic mass is 10.2. The van der Waals surface area contributed by atoms with Crippen molar-refractivity contribution in [1.29, 1.82) is 0 Å². The van der Waals surface area contributed by atoms with E-state index < -0.39 is 0 Å². The molecule has 2 aromatic heterocycles. The quantitative estimate of drug-likeness (QED) is 0.814. The maximum Gasteiger partial charge on any atom is 0.131 e. The Balaban J connectivity index is 2.47. The van der Waals surface area contributed by atoms with Crippen LogP contribution in [0.15, 0.2) is 12.3 Å². The SMILES string of the molecule is COCCn1ccc2nc(C(C)C)nc(C)c21. The molecule has 0 unspecified atom stereocenters. The largest absolute Gasteiger partial charge is 0.383 e. The van der Waals surface area contributed by atoms with Crippen LogP contribution >= 0.6 is 0 Å². The van der Waals surface area contributed by atoms with E-state index in [1.165, 1.54) is 0 Å². The number of hydrogen-bond acceptors (Lipinski definition) is 3. The number of fused-ring (bicyclic) bond motifs is 1. The topological polar surface area (TPSA) is 39.9 Å². The Hall–Kier alpha value is -1.42. The van der Waals surface area contributed by atoms with E-state index in [0.717, 1.165) is 29.1 Å². The summed E-state index contributed by atoms with van der Waals surface area (Å²) in [5.74, 6) is 1.28. The summed E-state index contributed by atoms with van der Waals surface area (Å²) in [5, 5.41) is 0. The number of hydrogen-bond donors (Lipinski definition) is 0. The fraction of sp³-hybridized carbons (Fsp3) is 0.538. The zero-order chi connectivity index (χ0) is 12.4. The molecule has 0 radical (unpaired) electrons. The molecular formula is C13H19N3O. The molecule has 2 heterocycles. The molecule has 0 saturated carbocycles. The molecule has 0 aliphatic carbocycles. The van der Waals surface area contributed by atoms with Crippen molar-refractivity contribution in [1.82, 2.24) is 14.5 Å². The van der Waals surface area contributed by atoms with Crippen molar-refractivity contribution < 1.29 is 4.74 Å². The highest BCUT2D eigenvalue weighted by Gasteiger charge is 2.10. The normalized spacial score (nSPS) is 11.6. The highest BCUT2D eigenvalue weighted by Crippen LogP contribution is 2.19. The first-order chi connectivity index (χ1) is 8.13. The van der Waals surface area contributed by atoms with E-state index in [2.05, 4.69) is 34.6 Å². The third kappa shape index (κ3) is 2.31. The van der Waals surface area contributed by atoms with E-state index in [9.17, 15) is 0 Å². The van der Waals surface area contributed by atoms with Crippen LogP contribution < -0.4 is 0 Å². The van der Waals surface area contributed by atoms with E-state index >= 15 is 0 Å². The first-order valence-electron chi connectivity index (χ1n) is 5.95. The Labute approximate surface area is 102 Å². The van der Waals surface area contributed by atoms with E-state index in [0.29, 0.717) is 12.5 Å². The summed E-state index contributed by atoms with van der Waals surface area (Å²) in [6.45, 7) is 7.81. The van der Waals surface area contributed by atoms with Gasteiger partial charge < -0.3 is 9.30 Å². The van der Waals surface area contributed by atoms with Crippen molar-refractivity contribution in [3.05, 3.63) is 23.8 Å². The van der Waals surface area contributed by atoms with Gasteiger partial charge in [0, 0.05) is 25.8 Å². The minimum Gasteiger partial charge on any atom is -0.383 e. The summed E-state index contributed by atoms with van der Waals surface area (Å²) >= 11 is 0. The molecular weight excluding hydrogens is 214 g/mol. The number of aryl methyl sites for hydroxylation is 1. The van der Waals surface area contributed by atoms with Gasteiger partial charge in [0.1, 0.15) is 5.82 Å². The van der Waals surface area contributed by atoms with Gasteiger partial charge in [-0.05, 0) is 13.0 Å². The maximum atomic E-state index is 5.10. The van der Waals surface area contributed by atoms with E-state index in [4.69, 9.17) is 4.74 Å². The Morgan fingerprint density at radius 1 is 1.35 bits per heavy atom. The fourth-order valence-corrected chi connectivity index (χ4v) is 1.95. The van der Waals surface area contributed by atoms with Gasteiger partial charge in [-0.2, -0.15) is 0 Å². The molecule has 0 amide bonds. The third-order valence-electron chi connectivity index (χ3n) is 2.85. The average Bonchev–Trinajstić information content (AvgIpc) is 2.69. The van der Waals surface area contributed by atoms with Gasteiger partial charge in [-0.1, -0.05) is 13.8 Å². The van der Waals surface area contributed by atoms with Crippen LogP contribution in [0, 0.1) is 6.92 Å². The first-order valence-corrected chi connectivity index (χ1v) is 5.95. The molecule has 4 heteroatoms. The highest BCUT2D eigenvalue weighted by molar-refractivity contribution is 5.78. The van der Waals surface area contributed by atoms with Gasteiger partial charge in [0.05, 0.1) is 23.3 Å². The Kier molecular flexibility index (Phi) is 3.43. The molecule has 0 aliphatic heterocycles. The highest BCUT2D eigenvalue weighted by atomic mass is 16.5. The molecule has 4 nitrogen and oxygen atoms in total. The van der Waals surface area contributed by atoms with Gasteiger partial charge in [0.15, 0.2) is 0 Å². The zero-order valence-electron chi connectivity index (χ0n) is 10.9. The summed E-state index contributed by atoms with van der Waals surface area (Å²) in [7, 11) is 1.71. The molecule has 0 aliphatic rings. The van der Waals surface area contributed by atoms with Gasteiger partial charge in [-0.3, -0.25) is 0 Å². The lowest BCUT2D eigenvalue weighted by molar-refractivity contribution is 0.188. The maximum absolute atomic E-state index is 5.10. The lowest BCUT2D eigenvalue weighted by Gasteiger charge is -2.09. The Bertz CT molecular complexity index is 517. The standard InChI is InChI=1S/C13H19N3O/c1-9(2)13-14-10(3)12-11(15-13)5-6-16(12)7-8-17-4/h5-6,9H,7-8H2,1-4H3. The Morgan fingerprint density at radius 2 is 2.12 bits per heavy atom. The van der Waals surface area contributed by atoms with Gasteiger partial charge in [0.25, 0.3) is 0 Å². The summed E-state index contributed by atoms with van der Waals surface area (Å²) in [4.78, 5) is 9.16. The molecule has 0 N–H and O–H groups in total. The molecule has 2 aromatic rings. The molecule has 0 atom stereocenters. The molecule has 0 spiro atoms. The van der Waals surface area contributed by atoms with Gasteiger partial charge in [-0.25, -0.2) is 9.97 Å². The predicted molar refractivity (Wildman–Crippen MR) is 68.2 cm³/mol. The fourth-order valence-electron chi connectivity index (χ4n) is 1.95. The first kappa shape index (κ1) is 12.0. The van der Waals surface area contributed by atoms with Crippen LogP contribution in [-0.4, -0.2) is 28.3 Å². The third-order valence-corrected chi connectivity index (χ3v) is 2.85. The van der Waals surface area contributed by atoms with Crippen LogP contribution in [0.5, 0.6) is 0 Å². The number of methoxy groups -OCH3 is 1. The van der Waals surface area contributed by atoms with Crippen LogP contribution in [0.4, 0.5) is 0 Å². The molecule has 2 rings (SSSR count). The van der Waals surface area contributed by atoms with Crippen molar-refractivity contribution in [3.8, 4) is 0 Å². The predicted octanol–water partition coefficient (Wildman–Crippen LogP) is 2.51. The minimum absolute atomic E-state index is 0.362. The number of rotatable bonds is 4. The van der Waals surface area contributed by atoms with Gasteiger partial charge in [-0.15, -0.1) is 0 Å². The second-order valence-corrected chi connectivity index (χ2v) is 4.56. The van der Waals surface area contributed by atoms with Crippen LogP contribution in [0.2, 0.25) is 0 Å². The molecule has 0 saturated heterocycles. The van der Waals surface area contributed by atoms with E-state index in [-0.39, 0.29) is 0 Å². The van der Waals surface area contributed by atoms with Crippen molar-refractivity contribution in [2.45, 2.75) is 33.2 Å². The average molecular weight is 233 g/mol. The van der Waals surface area contributed by atoms with Crippen LogP contribution in [0.3, 0.4) is 0 Å². The molecule has 17 heavy (non-hydrogen) atoms. The molecule has 0 bridgehead atoms. The van der Waals surface area contributed by atoms with E-state index in [1.54, 1.807) is 7.11 Å². The summed E-state index contributed by atoms with van der Waals surface area (Å²) < 4.78 is 7.26. The van der Waals surface area contributed by atoms with Gasteiger partial charge in [0.2, 0.25) is 0 Å². The minimum atomic E-state index is 0.362. The van der Waals surface area contributed by atoms with Crippen molar-refractivity contribution >= 4 is 11.0 Å². The smallest absolute Gasteiger partial charge is 0.131 e. The molecule has 92 valence electrons. The second-order valence-electron chi connectivity index (χ2n) is 4.56. The van der Waals surface area contributed by atoms with Crippen molar-refractivity contribution in [2.75, 3.05) is 13.7 Å². The van der Waals surface area contributed by atoms with Crippen molar-refractivity contribution in [3.63, 3.8) is 0 Å². The van der Waals surface area contributed by atoms with Gasteiger partial charge >= 0.3 is 0 Å². The molecule has 0 fully saturated rings. The monoisotopic (exact) mass is 233 g/mol. The van der Waals surface area contributed by atoms with Crippen LogP contribution in [0.25, 0.3) is 11.0 Å². The summed E-state index contributed by atoms with van der Waals surface area (Å²) in [5.41, 5.74) is 3.18. The molecule has 0 aromatic carbocycles. The number of ether oxygens (including phenoxy) is 1. The van der Waals surface area contributed by atoms with E-state index in [1.807, 2.05) is 13.0 Å². The van der Waals surface area contributed by atoms with Crippen LogP contribution in [0.1, 0.15) is 31.3 Å². The summed E-state index contributed by atoms with van der Waals surface area (Å²) in [6.07, 6.45) is 2.05. The Morgan fingerprint density at radius 3 is 2.76 bits per heavy atom. The van der Waals surface area contributed by atoms with Crippen molar-refractivity contribution in [2.24, 2.45) is 0 Å². The zero-order valence-corrected chi connectivity index (χ0v) is 10.9. The van der Waals surface area contributed by atoms with Crippen LogP contribution in [-0.2, 0) is 11.3 Å². The second kappa shape index (κ2) is 4.84. The number of nitrogens with zero attached hydrogens (tertiary/aromatic N) is 3. The lowest BCUT2D eigenvalue weighted by Crippen LogP contribution is -2.06. The summed E-state index contributed by atoms with van der Waals surface area (Å²) in [6, 6.07) is 2.05. The number of aromatic nitrogens is 3.